The van der Waals surface area contributed by atoms with E-state index >= 15 is 0 Å². The van der Waals surface area contributed by atoms with Gasteiger partial charge in [-0.1, -0.05) is 60.7 Å². The highest BCUT2D eigenvalue weighted by Crippen LogP contribution is 2.14. The third-order valence-corrected chi connectivity index (χ3v) is 3.93. The fourth-order valence-electron chi connectivity index (χ4n) is 2.56. The van der Waals surface area contributed by atoms with Crippen molar-refractivity contribution in [3.63, 3.8) is 0 Å². The Balaban J connectivity index is 1.85. The molecule has 0 fully saturated rings. The maximum Gasteiger partial charge on any atom is 0.100 e. The minimum absolute atomic E-state index is 0.0802. The van der Waals surface area contributed by atoms with Crippen molar-refractivity contribution in [2.75, 3.05) is 13.2 Å². The summed E-state index contributed by atoms with van der Waals surface area (Å²) < 4.78 is 5.83. The minimum Gasteiger partial charge on any atom is -0.394 e. The van der Waals surface area contributed by atoms with E-state index in [4.69, 9.17) is 9.84 Å². The van der Waals surface area contributed by atoms with Gasteiger partial charge in [-0.2, -0.15) is 0 Å². The van der Waals surface area contributed by atoms with Crippen molar-refractivity contribution in [2.24, 2.45) is 0 Å². The monoisotopic (exact) mass is 314 g/mol. The van der Waals surface area contributed by atoms with Crippen LogP contribution in [0.25, 0.3) is 0 Å². The maximum absolute atomic E-state index is 9.50. The van der Waals surface area contributed by atoms with Crippen molar-refractivity contribution in [1.82, 2.24) is 0 Å². The van der Waals surface area contributed by atoms with Crippen molar-refractivity contribution in [3.8, 4) is 0 Å². The Hall–Kier alpha value is -1.68. The first-order chi connectivity index (χ1) is 11.3. The van der Waals surface area contributed by atoms with Gasteiger partial charge >= 0.3 is 0 Å². The third-order valence-electron chi connectivity index (χ3n) is 3.93. The molecule has 0 bridgehead atoms. The second-order valence-electron chi connectivity index (χ2n) is 5.84. The summed E-state index contributed by atoms with van der Waals surface area (Å²) >= 11 is 0. The first-order valence-corrected chi connectivity index (χ1v) is 8.26. The van der Waals surface area contributed by atoms with Crippen LogP contribution in [-0.4, -0.2) is 35.6 Å². The Morgan fingerprint density at radius 2 is 1.26 bits per heavy atom. The Morgan fingerprint density at radius 3 is 1.70 bits per heavy atom. The molecule has 124 valence electrons. The quantitative estimate of drug-likeness (QED) is 0.709. The Morgan fingerprint density at radius 1 is 0.783 bits per heavy atom. The summed E-state index contributed by atoms with van der Waals surface area (Å²) in [4.78, 5) is 0. The molecule has 0 heterocycles. The van der Waals surface area contributed by atoms with E-state index in [0.717, 1.165) is 25.7 Å². The molecule has 23 heavy (non-hydrogen) atoms. The van der Waals surface area contributed by atoms with E-state index in [-0.39, 0.29) is 19.3 Å². The van der Waals surface area contributed by atoms with Crippen LogP contribution in [0.5, 0.6) is 0 Å². The molecule has 0 saturated heterocycles. The maximum atomic E-state index is 9.50. The minimum atomic E-state index is -0.800. The second-order valence-corrected chi connectivity index (χ2v) is 5.84. The molecule has 3 heteroatoms. The fraction of sp³-hybridized carbons (Fsp3) is 0.400. The number of ether oxygens (including phenoxy) is 1. The van der Waals surface area contributed by atoms with Crippen LogP contribution in [0, 0.1) is 0 Å². The number of aliphatic hydroxyl groups is 2. The molecule has 0 radical (unpaired) electrons. The number of hydrogen-bond acceptors (Lipinski definition) is 3. The summed E-state index contributed by atoms with van der Waals surface area (Å²) in [6, 6.07) is 20.7. The number of hydrogen-bond donors (Lipinski definition) is 2. The summed E-state index contributed by atoms with van der Waals surface area (Å²) in [7, 11) is 0. The molecule has 2 rings (SSSR count). The summed E-state index contributed by atoms with van der Waals surface area (Å²) in [6.07, 6.45) is 3.01. The van der Waals surface area contributed by atoms with E-state index < -0.39 is 6.10 Å². The van der Waals surface area contributed by atoms with Crippen LogP contribution in [0.1, 0.15) is 24.0 Å². The average Bonchev–Trinajstić information content (AvgIpc) is 2.62. The number of benzene rings is 2. The van der Waals surface area contributed by atoms with Crippen LogP contribution in [0.2, 0.25) is 0 Å². The Bertz CT molecular complexity index is 484. The van der Waals surface area contributed by atoms with Crippen molar-refractivity contribution >= 4 is 0 Å². The molecule has 1 atom stereocenters. The van der Waals surface area contributed by atoms with Gasteiger partial charge in [0.15, 0.2) is 0 Å². The van der Waals surface area contributed by atoms with Crippen molar-refractivity contribution in [2.45, 2.75) is 37.9 Å². The highest BCUT2D eigenvalue weighted by Gasteiger charge is 2.12. The van der Waals surface area contributed by atoms with E-state index in [1.54, 1.807) is 0 Å². The van der Waals surface area contributed by atoms with Gasteiger partial charge < -0.3 is 14.9 Å². The Kier molecular flexibility index (Phi) is 7.81. The molecule has 2 N–H and O–H groups in total. The van der Waals surface area contributed by atoms with Gasteiger partial charge in [-0.3, -0.25) is 0 Å². The van der Waals surface area contributed by atoms with Crippen LogP contribution in [0.4, 0.5) is 0 Å². The normalized spacial score (nSPS) is 12.5. The van der Waals surface area contributed by atoms with Gasteiger partial charge in [0.1, 0.15) is 6.10 Å². The fourth-order valence-corrected chi connectivity index (χ4v) is 2.56. The van der Waals surface area contributed by atoms with Gasteiger partial charge in [-0.25, -0.2) is 0 Å². The third kappa shape index (κ3) is 6.95. The largest absolute Gasteiger partial charge is 0.394 e. The van der Waals surface area contributed by atoms with E-state index in [9.17, 15) is 5.11 Å². The molecule has 1 unspecified atom stereocenters. The summed E-state index contributed by atoms with van der Waals surface area (Å²) in [6.45, 7) is -0.0746. The number of aliphatic hydroxyl groups excluding tert-OH is 2. The van der Waals surface area contributed by atoms with Gasteiger partial charge in [0.2, 0.25) is 0 Å². The average molecular weight is 314 g/mol. The lowest BCUT2D eigenvalue weighted by Gasteiger charge is -2.19. The summed E-state index contributed by atoms with van der Waals surface area (Å²) in [5.41, 5.74) is 2.59. The first-order valence-electron chi connectivity index (χ1n) is 8.26. The molecular weight excluding hydrogens is 288 g/mol. The van der Waals surface area contributed by atoms with Gasteiger partial charge in [-0.05, 0) is 36.8 Å². The molecule has 0 spiro atoms. The van der Waals surface area contributed by atoms with Crippen LogP contribution in [0.3, 0.4) is 0 Å². The molecule has 0 aliphatic heterocycles. The molecule has 0 aliphatic rings. The molecule has 2 aromatic carbocycles. The number of rotatable bonds is 10. The van der Waals surface area contributed by atoms with Gasteiger partial charge in [-0.15, -0.1) is 0 Å². The van der Waals surface area contributed by atoms with E-state index in [2.05, 4.69) is 24.3 Å². The van der Waals surface area contributed by atoms with Crippen LogP contribution in [-0.2, 0) is 17.6 Å². The molecular formula is C20H26O3. The summed E-state index contributed by atoms with van der Waals surface area (Å²) in [5.74, 6) is 0. The van der Waals surface area contributed by atoms with Crippen LogP contribution < -0.4 is 0 Å². The highest BCUT2D eigenvalue weighted by atomic mass is 16.5. The zero-order valence-corrected chi connectivity index (χ0v) is 13.5. The zero-order chi connectivity index (χ0) is 16.3. The lowest BCUT2D eigenvalue weighted by Crippen LogP contribution is -2.25. The van der Waals surface area contributed by atoms with E-state index in [0.29, 0.717) is 0 Å². The predicted octanol–water partition coefficient (Wildman–Crippen LogP) is 2.99. The molecule has 0 amide bonds. The van der Waals surface area contributed by atoms with Gasteiger partial charge in [0.05, 0.1) is 19.3 Å². The molecule has 0 aliphatic carbocycles. The predicted molar refractivity (Wildman–Crippen MR) is 92.4 cm³/mol. The molecule has 3 nitrogen and oxygen atoms in total. The standard InChI is InChI=1S/C20H26O3/c21-15-19(22)16-23-20(13-11-17-7-3-1-4-8-17)14-12-18-9-5-2-6-10-18/h1-10,19-22H,11-16H2. The topological polar surface area (TPSA) is 49.7 Å². The SMILES string of the molecule is OCC(O)COC(CCc1ccccc1)CCc1ccccc1. The molecule has 2 aromatic rings. The van der Waals surface area contributed by atoms with Gasteiger partial charge in [0.25, 0.3) is 0 Å². The van der Waals surface area contributed by atoms with Crippen LogP contribution in [0.15, 0.2) is 60.7 Å². The van der Waals surface area contributed by atoms with Crippen molar-refractivity contribution in [1.29, 1.82) is 0 Å². The van der Waals surface area contributed by atoms with E-state index in [1.807, 2.05) is 36.4 Å². The van der Waals surface area contributed by atoms with Crippen molar-refractivity contribution in [3.05, 3.63) is 71.8 Å². The van der Waals surface area contributed by atoms with Crippen LogP contribution >= 0.6 is 0 Å². The van der Waals surface area contributed by atoms with E-state index in [1.165, 1.54) is 11.1 Å². The lowest BCUT2D eigenvalue weighted by molar-refractivity contribution is -0.0333. The van der Waals surface area contributed by atoms with Crippen molar-refractivity contribution < 1.29 is 14.9 Å². The zero-order valence-electron chi connectivity index (χ0n) is 13.5. The Labute approximate surface area is 138 Å². The summed E-state index contributed by atoms with van der Waals surface area (Å²) in [5, 5.41) is 18.4. The smallest absolute Gasteiger partial charge is 0.100 e. The second kappa shape index (κ2) is 10.2. The number of aryl methyl sites for hydroxylation is 2. The first kappa shape index (κ1) is 17.7. The molecule has 0 saturated carbocycles. The molecule has 0 aromatic heterocycles. The van der Waals surface area contributed by atoms with Gasteiger partial charge in [0, 0.05) is 0 Å². The highest BCUT2D eigenvalue weighted by molar-refractivity contribution is 5.16. The lowest BCUT2D eigenvalue weighted by atomic mass is 10.0.